The monoisotopic (exact) mass is 556 g/mol. The van der Waals surface area contributed by atoms with Gasteiger partial charge in [0.25, 0.3) is 0 Å². The van der Waals surface area contributed by atoms with E-state index < -0.39 is 11.9 Å². The molecule has 5 aliphatic rings. The predicted octanol–water partition coefficient (Wildman–Crippen LogP) is -2.15. The van der Waals surface area contributed by atoms with Crippen LogP contribution < -0.4 is 64.6 Å². The first kappa shape index (κ1) is 26.7. The smallest absolute Gasteiger partial charge is 0.545 e. The molecule has 8 heteroatoms. The number of carboxylic acids is 2. The van der Waals surface area contributed by atoms with Gasteiger partial charge in [-0.25, -0.2) is 4.58 Å². The maximum Gasteiger partial charge on any atom is 1.00 e. The van der Waals surface area contributed by atoms with Crippen molar-refractivity contribution in [1.82, 2.24) is 4.58 Å². The number of hydrogen-bond donors (Lipinski definition) is 0. The van der Waals surface area contributed by atoms with Gasteiger partial charge in [0.15, 0.2) is 0 Å². The third kappa shape index (κ3) is 4.00. The fourth-order valence-corrected chi connectivity index (χ4v) is 7.86. The van der Waals surface area contributed by atoms with Crippen LogP contribution in [-0.2, 0) is 25.7 Å². The molecule has 41 heavy (non-hydrogen) atoms. The molecule has 0 saturated heterocycles. The van der Waals surface area contributed by atoms with Crippen molar-refractivity contribution in [2.45, 2.75) is 51.4 Å². The molecule has 0 radical (unpaired) electrons. The molecule has 5 heterocycles. The summed E-state index contributed by atoms with van der Waals surface area (Å²) in [5.41, 5.74) is 8.09. The van der Waals surface area contributed by atoms with Gasteiger partial charge < -0.3 is 29.4 Å². The summed E-state index contributed by atoms with van der Waals surface area (Å²) in [6.45, 7) is 4.16. The van der Waals surface area contributed by atoms with Crippen LogP contribution in [0, 0.1) is 0 Å². The van der Waals surface area contributed by atoms with Crippen molar-refractivity contribution in [3.63, 3.8) is 0 Å². The number of fused-ring (bicyclic) bond motifs is 4. The standard InChI is InChI=1S/C33H30N2O5.Na/c36-32(37)20-9-10-21(24(17-20)33(38)39)27-25-15-18-5-1-11-34-13-3-7-22(28(18)34)30(25)40-31-23-8-4-14-35-12-2-6-19(29(23)35)16-26(27)31;/h9-10,15-17H,1-8,11-14H2,(H-,36,37,38,39);/q;+1/p-1. The summed E-state index contributed by atoms with van der Waals surface area (Å²) in [4.78, 5) is 26.6. The van der Waals surface area contributed by atoms with E-state index in [1.54, 1.807) is 6.07 Å². The second kappa shape index (κ2) is 10.0. The summed E-state index contributed by atoms with van der Waals surface area (Å²) < 4.78 is 9.47. The summed E-state index contributed by atoms with van der Waals surface area (Å²) in [7, 11) is 0. The van der Waals surface area contributed by atoms with Gasteiger partial charge in [-0.3, -0.25) is 0 Å². The van der Waals surface area contributed by atoms with E-state index in [1.807, 2.05) is 0 Å². The van der Waals surface area contributed by atoms with E-state index >= 15 is 0 Å². The van der Waals surface area contributed by atoms with Crippen molar-refractivity contribution in [2.24, 2.45) is 0 Å². The van der Waals surface area contributed by atoms with Gasteiger partial charge in [-0.15, -0.1) is 0 Å². The van der Waals surface area contributed by atoms with E-state index in [4.69, 9.17) is 4.74 Å². The zero-order valence-corrected chi connectivity index (χ0v) is 25.3. The topological polar surface area (TPSA) is 95.7 Å². The normalized spacial score (nSPS) is 17.8. The largest absolute Gasteiger partial charge is 1.00 e. The second-order valence-electron chi connectivity index (χ2n) is 11.7. The van der Waals surface area contributed by atoms with Crippen LogP contribution in [0.3, 0.4) is 0 Å². The molecule has 0 amide bonds. The second-order valence-corrected chi connectivity index (χ2v) is 11.7. The molecular formula is C33H29N2NaO5. The Morgan fingerprint density at radius 1 is 0.780 bits per heavy atom. The minimum Gasteiger partial charge on any atom is -0.545 e. The maximum atomic E-state index is 12.5. The number of carbonyl (C=O) groups is 2. The van der Waals surface area contributed by atoms with Crippen LogP contribution in [0.5, 0.6) is 11.5 Å². The van der Waals surface area contributed by atoms with Crippen molar-refractivity contribution in [3.8, 4) is 11.5 Å². The van der Waals surface area contributed by atoms with Crippen LogP contribution >= 0.6 is 0 Å². The number of rotatable bonds is 3. The molecule has 0 spiro atoms. The Bertz CT molecular complexity index is 1810. The van der Waals surface area contributed by atoms with Crippen LogP contribution in [0.15, 0.2) is 30.3 Å². The Labute approximate surface area is 260 Å². The number of aromatic carboxylic acids is 2. The number of anilines is 1. The molecule has 0 fully saturated rings. The van der Waals surface area contributed by atoms with Crippen LogP contribution in [0.25, 0.3) is 5.57 Å². The summed E-state index contributed by atoms with van der Waals surface area (Å²) in [5.74, 6) is -1.17. The average molecular weight is 557 g/mol. The summed E-state index contributed by atoms with van der Waals surface area (Å²) >= 11 is 0. The Balaban J connectivity index is 0.00000276. The van der Waals surface area contributed by atoms with Crippen molar-refractivity contribution >= 4 is 23.2 Å². The molecule has 202 valence electrons. The molecule has 0 unspecified atom stereocenters. The molecule has 0 saturated carbocycles. The maximum absolute atomic E-state index is 12.5. The minimum absolute atomic E-state index is 0. The van der Waals surface area contributed by atoms with Gasteiger partial charge in [0, 0.05) is 64.7 Å². The Morgan fingerprint density at radius 2 is 1.51 bits per heavy atom. The third-order valence-electron chi connectivity index (χ3n) is 9.43. The van der Waals surface area contributed by atoms with Crippen LogP contribution in [0.4, 0.5) is 5.69 Å². The van der Waals surface area contributed by atoms with Crippen molar-refractivity contribution < 1.29 is 54.1 Å². The number of aryl methyl sites for hydroxylation is 2. The molecule has 0 N–H and O–H groups in total. The van der Waals surface area contributed by atoms with E-state index in [0.29, 0.717) is 5.56 Å². The Kier molecular flexibility index (Phi) is 6.53. The third-order valence-corrected chi connectivity index (χ3v) is 9.43. The molecule has 3 aromatic rings. The molecule has 0 aromatic heterocycles. The number of nitrogens with zero attached hydrogens (tertiary/aromatic N) is 2. The number of carbonyl (C=O) groups excluding carboxylic acids is 2. The number of hydrogen-bond acceptors (Lipinski definition) is 6. The number of carboxylic acid groups (broad SMARTS) is 2. The van der Waals surface area contributed by atoms with Crippen molar-refractivity contribution in [1.29, 1.82) is 0 Å². The van der Waals surface area contributed by atoms with E-state index in [-0.39, 0.29) is 40.7 Å². The quantitative estimate of drug-likeness (QED) is 0.211. The first-order valence-corrected chi connectivity index (χ1v) is 14.5. The van der Waals surface area contributed by atoms with Crippen LogP contribution in [0.2, 0.25) is 0 Å². The van der Waals surface area contributed by atoms with Gasteiger partial charge in [0.05, 0.1) is 17.5 Å². The Morgan fingerprint density at radius 3 is 2.29 bits per heavy atom. The van der Waals surface area contributed by atoms with E-state index in [0.717, 1.165) is 105 Å². The molecular weight excluding hydrogens is 527 g/mol. The molecule has 0 bridgehead atoms. The first-order chi connectivity index (χ1) is 19.5. The fraction of sp³-hybridized carbons (Fsp3) is 0.364. The van der Waals surface area contributed by atoms with E-state index in [2.05, 4.69) is 21.6 Å². The molecule has 0 atom stereocenters. The average Bonchev–Trinajstić information content (AvgIpc) is 2.97. The van der Waals surface area contributed by atoms with Crippen molar-refractivity contribution in [2.75, 3.05) is 31.1 Å². The minimum atomic E-state index is -1.41. The number of ether oxygens (including phenoxy) is 1. The van der Waals surface area contributed by atoms with E-state index in [1.165, 1.54) is 45.4 Å². The molecule has 5 aliphatic heterocycles. The van der Waals surface area contributed by atoms with Crippen LogP contribution in [0.1, 0.15) is 79.8 Å². The Hall–Kier alpha value is -3.13. The van der Waals surface area contributed by atoms with Gasteiger partial charge >= 0.3 is 29.6 Å². The van der Waals surface area contributed by atoms with Crippen molar-refractivity contribution in [3.05, 3.63) is 85.4 Å². The molecule has 0 aliphatic carbocycles. The SMILES string of the molecule is O=C([O-])c1ccc(C2=c3cc4c5c(c3Oc3c2cc2c6c3CCCN6CCC2)CCC[N+]=5CCC4)c(C(=O)[O-])c1.[Na+]. The predicted molar refractivity (Wildman–Crippen MR) is 145 cm³/mol. The summed E-state index contributed by atoms with van der Waals surface area (Å²) in [6.07, 6.45) is 8.00. The van der Waals surface area contributed by atoms with Gasteiger partial charge in [-0.2, -0.15) is 0 Å². The summed E-state index contributed by atoms with van der Waals surface area (Å²) in [6, 6.07) is 8.63. The van der Waals surface area contributed by atoms with Gasteiger partial charge in [0.1, 0.15) is 24.6 Å². The molecule has 3 aromatic carbocycles. The zero-order valence-electron chi connectivity index (χ0n) is 23.3. The first-order valence-electron chi connectivity index (χ1n) is 14.5. The van der Waals surface area contributed by atoms with Gasteiger partial charge in [0.2, 0.25) is 5.36 Å². The van der Waals surface area contributed by atoms with Gasteiger partial charge in [-0.1, -0.05) is 12.1 Å². The number of benzene rings is 3. The fourth-order valence-electron chi connectivity index (χ4n) is 7.86. The summed E-state index contributed by atoms with van der Waals surface area (Å²) in [5, 5.41) is 26.3. The zero-order chi connectivity index (χ0) is 27.1. The molecule has 8 rings (SSSR count). The van der Waals surface area contributed by atoms with Crippen LogP contribution in [-0.4, -0.2) is 38.1 Å². The van der Waals surface area contributed by atoms with Gasteiger partial charge in [-0.05, 0) is 73.4 Å². The molecule has 7 nitrogen and oxygen atoms in total. The van der Waals surface area contributed by atoms with E-state index in [9.17, 15) is 19.8 Å².